The molecular formula is C8H18FN. The predicted molar refractivity (Wildman–Crippen MR) is 43.0 cm³/mol. The highest BCUT2D eigenvalue weighted by molar-refractivity contribution is 4.61. The predicted octanol–water partition coefficient (Wildman–Crippen LogP) is 2.08. The Hall–Kier alpha value is -0.110. The average molecular weight is 147 g/mol. The molecule has 2 heteroatoms. The Labute approximate surface area is 63.2 Å². The summed E-state index contributed by atoms with van der Waals surface area (Å²) in [5.41, 5.74) is 0. The van der Waals surface area contributed by atoms with Crippen molar-refractivity contribution in [1.82, 2.24) is 4.90 Å². The Kier molecular flexibility index (Phi) is 5.60. The van der Waals surface area contributed by atoms with E-state index in [4.69, 9.17) is 0 Å². The lowest BCUT2D eigenvalue weighted by atomic mass is 10.2. The highest BCUT2D eigenvalue weighted by atomic mass is 19.1. The minimum atomic E-state index is -0.232. The quantitative estimate of drug-likeness (QED) is 0.575. The summed E-state index contributed by atoms with van der Waals surface area (Å²) in [6.45, 7) is 4.63. The third-order valence-electron chi connectivity index (χ3n) is 1.90. The maximum atomic E-state index is 11.8. The largest absolute Gasteiger partial charge is 0.301 e. The number of nitrogens with zero attached hydrogens (tertiary/aromatic N) is 1. The van der Waals surface area contributed by atoms with Crippen LogP contribution in [0.2, 0.25) is 0 Å². The minimum absolute atomic E-state index is 0.232. The lowest BCUT2D eigenvalue weighted by Gasteiger charge is -2.22. The first-order valence-corrected chi connectivity index (χ1v) is 3.98. The maximum Gasteiger partial charge on any atom is 0.102 e. The monoisotopic (exact) mass is 147 g/mol. The summed E-state index contributed by atoms with van der Waals surface area (Å²) in [4.78, 5) is 2.06. The molecule has 62 valence electrons. The molecule has 1 atom stereocenters. The van der Waals surface area contributed by atoms with Gasteiger partial charge in [-0.2, -0.15) is 0 Å². The van der Waals surface area contributed by atoms with Crippen LogP contribution in [-0.2, 0) is 0 Å². The minimum Gasteiger partial charge on any atom is -0.301 e. The van der Waals surface area contributed by atoms with E-state index < -0.39 is 0 Å². The summed E-state index contributed by atoms with van der Waals surface area (Å²) in [5, 5.41) is 0. The lowest BCUT2D eigenvalue weighted by molar-refractivity contribution is 0.224. The van der Waals surface area contributed by atoms with Crippen molar-refractivity contribution in [3.63, 3.8) is 0 Å². The van der Waals surface area contributed by atoms with Crippen molar-refractivity contribution in [1.29, 1.82) is 0 Å². The molecule has 10 heavy (non-hydrogen) atoms. The molecule has 0 aliphatic rings. The van der Waals surface area contributed by atoms with Gasteiger partial charge in [-0.05, 0) is 20.4 Å². The fourth-order valence-electron chi connectivity index (χ4n) is 0.992. The third kappa shape index (κ3) is 3.83. The van der Waals surface area contributed by atoms with Gasteiger partial charge < -0.3 is 4.90 Å². The van der Waals surface area contributed by atoms with Gasteiger partial charge in [0.2, 0.25) is 0 Å². The van der Waals surface area contributed by atoms with Crippen LogP contribution in [0.25, 0.3) is 0 Å². The van der Waals surface area contributed by atoms with E-state index in [1.54, 1.807) is 0 Å². The van der Waals surface area contributed by atoms with Gasteiger partial charge in [-0.1, -0.05) is 13.3 Å². The summed E-state index contributed by atoms with van der Waals surface area (Å²) in [6.07, 6.45) is 2.34. The second-order valence-electron chi connectivity index (χ2n) is 2.81. The molecule has 0 radical (unpaired) electrons. The molecule has 0 aromatic heterocycles. The summed E-state index contributed by atoms with van der Waals surface area (Å²) in [6, 6.07) is 0.528. The zero-order valence-corrected chi connectivity index (χ0v) is 7.23. The van der Waals surface area contributed by atoms with E-state index in [0.717, 1.165) is 6.42 Å². The number of rotatable bonds is 5. The molecule has 0 amide bonds. The maximum absolute atomic E-state index is 11.8. The van der Waals surface area contributed by atoms with Crippen LogP contribution in [0.3, 0.4) is 0 Å². The number of alkyl halides is 1. The van der Waals surface area contributed by atoms with Crippen LogP contribution in [0.1, 0.15) is 26.7 Å². The van der Waals surface area contributed by atoms with Crippen molar-refractivity contribution in [3.8, 4) is 0 Å². The van der Waals surface area contributed by atoms with Gasteiger partial charge in [0.25, 0.3) is 0 Å². The smallest absolute Gasteiger partial charge is 0.102 e. The van der Waals surface area contributed by atoms with Crippen LogP contribution in [0.4, 0.5) is 4.39 Å². The summed E-state index contributed by atoms with van der Waals surface area (Å²) < 4.78 is 11.8. The first-order valence-electron chi connectivity index (χ1n) is 3.98. The normalized spacial score (nSPS) is 14.1. The third-order valence-corrected chi connectivity index (χ3v) is 1.90. The van der Waals surface area contributed by atoms with Crippen LogP contribution >= 0.6 is 0 Å². The summed E-state index contributed by atoms with van der Waals surface area (Å²) in [5.74, 6) is 0. The van der Waals surface area contributed by atoms with Crippen LogP contribution in [0.15, 0.2) is 0 Å². The Balaban J connectivity index is 3.38. The summed E-state index contributed by atoms with van der Waals surface area (Å²) in [7, 11) is 1.97. The van der Waals surface area contributed by atoms with E-state index in [1.807, 2.05) is 7.05 Å². The molecule has 1 nitrogen and oxygen atoms in total. The second kappa shape index (κ2) is 5.66. The van der Waals surface area contributed by atoms with E-state index in [9.17, 15) is 4.39 Å². The molecule has 1 unspecified atom stereocenters. The first-order chi connectivity index (χ1) is 4.72. The molecule has 0 rings (SSSR count). The van der Waals surface area contributed by atoms with Gasteiger partial charge >= 0.3 is 0 Å². The molecule has 0 fully saturated rings. The van der Waals surface area contributed by atoms with Crippen molar-refractivity contribution in [3.05, 3.63) is 0 Å². The molecule has 0 heterocycles. The molecule has 0 aromatic rings. The zero-order chi connectivity index (χ0) is 7.98. The molecular weight excluding hydrogens is 129 g/mol. The van der Waals surface area contributed by atoms with E-state index in [2.05, 4.69) is 18.7 Å². The lowest BCUT2D eigenvalue weighted by Crippen LogP contribution is -2.30. The van der Waals surface area contributed by atoms with Crippen molar-refractivity contribution in [2.24, 2.45) is 0 Å². The van der Waals surface area contributed by atoms with E-state index >= 15 is 0 Å². The number of hydrogen-bond donors (Lipinski definition) is 0. The van der Waals surface area contributed by atoms with E-state index in [0.29, 0.717) is 12.6 Å². The summed E-state index contributed by atoms with van der Waals surface area (Å²) >= 11 is 0. The Morgan fingerprint density at radius 1 is 1.50 bits per heavy atom. The molecule has 0 N–H and O–H groups in total. The highest BCUT2D eigenvalue weighted by Gasteiger charge is 2.05. The van der Waals surface area contributed by atoms with Crippen molar-refractivity contribution in [2.45, 2.75) is 32.7 Å². The van der Waals surface area contributed by atoms with Gasteiger partial charge in [0, 0.05) is 12.6 Å². The van der Waals surface area contributed by atoms with Gasteiger partial charge in [-0.25, -0.2) is 4.39 Å². The van der Waals surface area contributed by atoms with Gasteiger partial charge in [-0.3, -0.25) is 0 Å². The van der Waals surface area contributed by atoms with Crippen LogP contribution in [0, 0.1) is 0 Å². The van der Waals surface area contributed by atoms with Gasteiger partial charge in [-0.15, -0.1) is 0 Å². The zero-order valence-electron chi connectivity index (χ0n) is 7.23. The van der Waals surface area contributed by atoms with Crippen molar-refractivity contribution < 1.29 is 4.39 Å². The molecule has 0 saturated carbocycles. The Morgan fingerprint density at radius 3 is 2.50 bits per heavy atom. The van der Waals surface area contributed by atoms with Crippen LogP contribution in [-0.4, -0.2) is 31.2 Å². The average Bonchev–Trinajstić information content (AvgIpc) is 1.89. The van der Waals surface area contributed by atoms with Gasteiger partial charge in [0.05, 0.1) is 0 Å². The molecule has 0 bridgehead atoms. The molecule has 0 aliphatic carbocycles. The van der Waals surface area contributed by atoms with Crippen molar-refractivity contribution in [2.75, 3.05) is 20.3 Å². The molecule has 0 aromatic carbocycles. The van der Waals surface area contributed by atoms with Crippen molar-refractivity contribution >= 4 is 0 Å². The molecule has 0 spiro atoms. The first kappa shape index (κ1) is 9.89. The van der Waals surface area contributed by atoms with Gasteiger partial charge in [0.15, 0.2) is 0 Å². The Morgan fingerprint density at radius 2 is 2.10 bits per heavy atom. The Bertz CT molecular complexity index is 65.7. The SMILES string of the molecule is CCCC(C)N(C)CCF. The van der Waals surface area contributed by atoms with Gasteiger partial charge in [0.1, 0.15) is 6.67 Å². The highest BCUT2D eigenvalue weighted by Crippen LogP contribution is 2.02. The molecule has 0 aliphatic heterocycles. The standard InChI is InChI=1S/C8H18FN/c1-4-5-8(2)10(3)7-6-9/h8H,4-7H2,1-3H3. The fourth-order valence-corrected chi connectivity index (χ4v) is 0.992. The van der Waals surface area contributed by atoms with Crippen LogP contribution < -0.4 is 0 Å². The fraction of sp³-hybridized carbons (Fsp3) is 1.00. The van der Waals surface area contributed by atoms with E-state index in [-0.39, 0.29) is 6.67 Å². The van der Waals surface area contributed by atoms with Crippen LogP contribution in [0.5, 0.6) is 0 Å². The number of halogens is 1. The molecule has 0 saturated heterocycles. The van der Waals surface area contributed by atoms with E-state index in [1.165, 1.54) is 6.42 Å². The topological polar surface area (TPSA) is 3.24 Å². The second-order valence-corrected chi connectivity index (χ2v) is 2.81. The number of hydrogen-bond acceptors (Lipinski definition) is 1.